The Kier molecular flexibility index (Phi) is 6.10. The average Bonchev–Trinajstić information content (AvgIpc) is 3.33. The molecule has 2 amide bonds. The third kappa shape index (κ3) is 3.87. The number of hydrogen-bond donors (Lipinski definition) is 1. The molecular weight excluding hydrogens is 477 g/mol. The van der Waals surface area contributed by atoms with E-state index in [4.69, 9.17) is 14.2 Å². The van der Waals surface area contributed by atoms with Crippen LogP contribution in [0, 0.1) is 5.41 Å². The lowest BCUT2D eigenvalue weighted by molar-refractivity contribution is -0.271. The van der Waals surface area contributed by atoms with Gasteiger partial charge in [-0.25, -0.2) is 0 Å². The first-order valence-electron chi connectivity index (χ1n) is 11.8. The number of likely N-dealkylation sites (tertiary alicyclic amines) is 1. The summed E-state index contributed by atoms with van der Waals surface area (Å²) in [6.45, 7) is 0.716. The molecular formula is C26H27F3N2O5. The zero-order chi connectivity index (χ0) is 25.6. The van der Waals surface area contributed by atoms with E-state index >= 15 is 0 Å². The third-order valence-corrected chi connectivity index (χ3v) is 7.79. The molecule has 36 heavy (non-hydrogen) atoms. The molecule has 3 aliphatic heterocycles. The van der Waals surface area contributed by atoms with Crippen molar-refractivity contribution in [1.82, 2.24) is 10.2 Å². The summed E-state index contributed by atoms with van der Waals surface area (Å²) in [6, 6.07) is 12.6. The normalized spacial score (nSPS) is 22.7. The van der Waals surface area contributed by atoms with Crippen molar-refractivity contribution in [2.45, 2.75) is 37.0 Å². The van der Waals surface area contributed by atoms with Gasteiger partial charge in [-0.2, -0.15) is 13.2 Å². The predicted molar refractivity (Wildman–Crippen MR) is 122 cm³/mol. The summed E-state index contributed by atoms with van der Waals surface area (Å²) in [4.78, 5) is 27.1. The molecule has 192 valence electrons. The van der Waals surface area contributed by atoms with E-state index in [0.717, 1.165) is 12.7 Å². The van der Waals surface area contributed by atoms with E-state index in [2.05, 4.69) is 5.32 Å². The fourth-order valence-electron chi connectivity index (χ4n) is 5.84. The monoisotopic (exact) mass is 504 g/mol. The lowest BCUT2D eigenvalue weighted by Crippen LogP contribution is -2.60. The van der Waals surface area contributed by atoms with Crippen LogP contribution < -0.4 is 14.8 Å². The quantitative estimate of drug-likeness (QED) is 0.687. The molecule has 2 aromatic carbocycles. The van der Waals surface area contributed by atoms with Crippen LogP contribution in [-0.2, 0) is 19.9 Å². The zero-order valence-electron chi connectivity index (χ0n) is 19.8. The van der Waals surface area contributed by atoms with Crippen LogP contribution in [0.5, 0.6) is 11.5 Å². The first-order chi connectivity index (χ1) is 17.2. The summed E-state index contributed by atoms with van der Waals surface area (Å²) in [7, 11) is 0.908. The van der Waals surface area contributed by atoms with Crippen molar-refractivity contribution in [1.29, 1.82) is 0 Å². The number of piperidine rings is 2. The molecule has 3 heterocycles. The Bertz CT molecular complexity index is 1150. The summed E-state index contributed by atoms with van der Waals surface area (Å²) < 4.78 is 59.1. The van der Waals surface area contributed by atoms with E-state index < -0.39 is 23.1 Å². The lowest BCUT2D eigenvalue weighted by atomic mass is 9.62. The zero-order valence-corrected chi connectivity index (χ0v) is 19.8. The Morgan fingerprint density at radius 2 is 1.78 bits per heavy atom. The fourth-order valence-corrected chi connectivity index (χ4v) is 5.84. The van der Waals surface area contributed by atoms with Crippen LogP contribution in [0.25, 0.3) is 0 Å². The van der Waals surface area contributed by atoms with E-state index in [1.54, 1.807) is 6.07 Å². The first kappa shape index (κ1) is 24.4. The minimum Gasteiger partial charge on any atom is -0.454 e. The molecule has 5 rings (SSSR count). The van der Waals surface area contributed by atoms with Crippen LogP contribution in [0.4, 0.5) is 13.2 Å². The van der Waals surface area contributed by atoms with Crippen LogP contribution >= 0.6 is 0 Å². The van der Waals surface area contributed by atoms with Crippen LogP contribution in [0.3, 0.4) is 0 Å². The SMILES string of the molecule is CO[C@@](C(=O)N1CCC2(CC1)CC(=O)NCC2c1ccc2c(c1)OCO2)(c1ccccc1)C(F)(F)F. The van der Waals surface area contributed by atoms with E-state index in [0.29, 0.717) is 30.9 Å². The fraction of sp³-hybridized carbons (Fsp3) is 0.462. The minimum atomic E-state index is -4.96. The number of benzene rings is 2. The summed E-state index contributed by atoms with van der Waals surface area (Å²) >= 11 is 0. The van der Waals surface area contributed by atoms with Gasteiger partial charge in [-0.15, -0.1) is 0 Å². The number of ether oxygens (including phenoxy) is 3. The number of hydrogen-bond acceptors (Lipinski definition) is 5. The van der Waals surface area contributed by atoms with Crippen LogP contribution in [0.1, 0.15) is 36.3 Å². The van der Waals surface area contributed by atoms with Gasteiger partial charge < -0.3 is 24.4 Å². The molecule has 0 aromatic heterocycles. The van der Waals surface area contributed by atoms with Crippen molar-refractivity contribution < 1.29 is 37.0 Å². The molecule has 0 bridgehead atoms. The topological polar surface area (TPSA) is 77.1 Å². The standard InChI is InChI=1S/C26H27F3N2O5/c1-34-25(26(27,28)29,18-5-3-2-4-6-18)23(33)31-11-9-24(10-12-31)14-22(32)30-15-19(24)17-7-8-20-21(13-17)36-16-35-20/h2-8,13,19H,9-12,14-16H2,1H3,(H,30,32)/t19?,25-/m1/s1. The summed E-state index contributed by atoms with van der Waals surface area (Å²) in [5.41, 5.74) is -2.89. The second kappa shape index (κ2) is 8.99. The number of rotatable bonds is 4. The smallest absolute Gasteiger partial charge is 0.430 e. The molecule has 10 heteroatoms. The van der Waals surface area contributed by atoms with E-state index in [9.17, 15) is 22.8 Å². The molecule has 2 fully saturated rings. The first-order valence-corrected chi connectivity index (χ1v) is 11.8. The number of nitrogens with one attached hydrogen (secondary N) is 1. The van der Waals surface area contributed by atoms with Crippen molar-refractivity contribution in [2.24, 2.45) is 5.41 Å². The van der Waals surface area contributed by atoms with Crippen molar-refractivity contribution in [3.63, 3.8) is 0 Å². The molecule has 0 radical (unpaired) electrons. The average molecular weight is 505 g/mol. The highest BCUT2D eigenvalue weighted by Crippen LogP contribution is 2.51. The van der Waals surface area contributed by atoms with Gasteiger partial charge >= 0.3 is 6.18 Å². The van der Waals surface area contributed by atoms with Crippen LogP contribution in [0.15, 0.2) is 48.5 Å². The molecule has 1 N–H and O–H groups in total. The maximum absolute atomic E-state index is 14.4. The third-order valence-electron chi connectivity index (χ3n) is 7.79. The van der Waals surface area contributed by atoms with Crippen molar-refractivity contribution in [2.75, 3.05) is 33.5 Å². The summed E-state index contributed by atoms with van der Waals surface area (Å²) in [6.07, 6.45) is -3.95. The Hall–Kier alpha value is -3.27. The molecule has 2 aromatic rings. The lowest BCUT2D eigenvalue weighted by Gasteiger charge is -2.50. The van der Waals surface area contributed by atoms with Gasteiger partial charge in [-0.05, 0) is 36.0 Å². The number of methoxy groups -OCH3 is 1. The summed E-state index contributed by atoms with van der Waals surface area (Å²) in [5.74, 6) is -0.0380. The number of alkyl halides is 3. The van der Waals surface area contributed by atoms with Gasteiger partial charge in [-0.1, -0.05) is 36.4 Å². The van der Waals surface area contributed by atoms with Crippen LogP contribution in [0.2, 0.25) is 0 Å². The molecule has 7 nitrogen and oxygen atoms in total. The van der Waals surface area contributed by atoms with Crippen molar-refractivity contribution in [3.8, 4) is 11.5 Å². The predicted octanol–water partition coefficient (Wildman–Crippen LogP) is 3.73. The number of carbonyl (C=O) groups is 2. The second-order valence-electron chi connectivity index (χ2n) is 9.55. The largest absolute Gasteiger partial charge is 0.454 e. The highest BCUT2D eigenvalue weighted by Gasteiger charge is 2.64. The molecule has 3 aliphatic rings. The second-order valence-corrected chi connectivity index (χ2v) is 9.55. The number of halogens is 3. The van der Waals surface area contributed by atoms with Crippen LogP contribution in [-0.4, -0.2) is 56.4 Å². The number of fused-ring (bicyclic) bond motifs is 1. The Labute approximate surface area is 206 Å². The number of nitrogens with zero attached hydrogens (tertiary/aromatic N) is 1. The van der Waals surface area contributed by atoms with Gasteiger partial charge in [0.25, 0.3) is 11.5 Å². The summed E-state index contributed by atoms with van der Waals surface area (Å²) in [5, 5.41) is 2.92. The molecule has 0 saturated carbocycles. The van der Waals surface area contributed by atoms with E-state index in [1.165, 1.54) is 29.2 Å². The Morgan fingerprint density at radius 1 is 1.08 bits per heavy atom. The van der Waals surface area contributed by atoms with Gasteiger partial charge in [0.05, 0.1) is 0 Å². The molecule has 1 spiro atoms. The molecule has 1 unspecified atom stereocenters. The van der Waals surface area contributed by atoms with Gasteiger partial charge in [0.15, 0.2) is 11.5 Å². The maximum Gasteiger partial charge on any atom is 0.430 e. The van der Waals surface area contributed by atoms with E-state index in [-0.39, 0.29) is 43.7 Å². The molecule has 0 aliphatic carbocycles. The number of amides is 2. The maximum atomic E-state index is 14.4. The highest BCUT2D eigenvalue weighted by molar-refractivity contribution is 5.88. The highest BCUT2D eigenvalue weighted by atomic mass is 19.4. The van der Waals surface area contributed by atoms with Crippen molar-refractivity contribution >= 4 is 11.8 Å². The Morgan fingerprint density at radius 3 is 2.44 bits per heavy atom. The van der Waals surface area contributed by atoms with Gasteiger partial charge in [0, 0.05) is 44.6 Å². The Balaban J connectivity index is 1.42. The minimum absolute atomic E-state index is 0.0779. The molecule has 2 saturated heterocycles. The number of carbonyl (C=O) groups excluding carboxylic acids is 2. The van der Waals surface area contributed by atoms with Gasteiger partial charge in [0.2, 0.25) is 12.7 Å². The van der Waals surface area contributed by atoms with Gasteiger partial charge in [-0.3, -0.25) is 9.59 Å². The van der Waals surface area contributed by atoms with E-state index in [1.807, 2.05) is 18.2 Å². The molecule has 2 atom stereocenters. The van der Waals surface area contributed by atoms with Gasteiger partial charge in [0.1, 0.15) is 0 Å². The van der Waals surface area contributed by atoms with Crippen molar-refractivity contribution in [3.05, 3.63) is 59.7 Å².